The van der Waals surface area contributed by atoms with Crippen molar-refractivity contribution in [3.05, 3.63) is 29.8 Å². The Labute approximate surface area is 253 Å². The Bertz CT molecular complexity index is 1120. The summed E-state index contributed by atoms with van der Waals surface area (Å²) in [5.74, 6) is -2.44. The monoisotopic (exact) mass is 652 g/mol. The summed E-state index contributed by atoms with van der Waals surface area (Å²) in [6, 6.07) is 3.87. The SMILES string of the molecule is O=C(/C=C/c1ccc(O)c(O)c1)OC1CC(O)(C(=O)NCCCOCCOCCOCCCNOP(=O)(O)O)CC(O)C1O. The van der Waals surface area contributed by atoms with Crippen molar-refractivity contribution in [3.8, 4) is 11.5 Å². The molecule has 0 spiro atoms. The van der Waals surface area contributed by atoms with Crippen LogP contribution in [0.4, 0.5) is 0 Å². The van der Waals surface area contributed by atoms with Crippen LogP contribution in [0.3, 0.4) is 0 Å². The van der Waals surface area contributed by atoms with Crippen molar-refractivity contribution in [3.63, 3.8) is 0 Å². The molecular formula is C26H41N2O15P. The van der Waals surface area contributed by atoms with Gasteiger partial charge in [-0.1, -0.05) is 6.07 Å². The number of rotatable bonds is 20. The van der Waals surface area contributed by atoms with E-state index in [0.717, 1.165) is 6.08 Å². The number of phenolic OH excluding ortho intramolecular Hbond substituents is 2. The second kappa shape index (κ2) is 19.0. The molecule has 0 heterocycles. The lowest BCUT2D eigenvalue weighted by Crippen LogP contribution is -2.59. The number of phenols is 2. The summed E-state index contributed by atoms with van der Waals surface area (Å²) in [7, 11) is -4.54. The highest BCUT2D eigenvalue weighted by Crippen LogP contribution is 2.34. The number of hydrogen-bond donors (Lipinski definition) is 9. The summed E-state index contributed by atoms with van der Waals surface area (Å²) in [5, 5.41) is 52.8. The Hall–Kier alpha value is -2.67. The van der Waals surface area contributed by atoms with E-state index in [-0.39, 0.29) is 31.2 Å². The zero-order chi connectivity index (χ0) is 32.6. The maximum absolute atomic E-state index is 12.7. The Balaban J connectivity index is 1.58. The molecule has 250 valence electrons. The summed E-state index contributed by atoms with van der Waals surface area (Å²) in [5.41, 5.74) is 0.413. The summed E-state index contributed by atoms with van der Waals surface area (Å²) in [6.45, 7) is 2.22. The van der Waals surface area contributed by atoms with Crippen LogP contribution in [0.5, 0.6) is 11.5 Å². The molecule has 44 heavy (non-hydrogen) atoms. The van der Waals surface area contributed by atoms with Crippen LogP contribution in [0.2, 0.25) is 0 Å². The van der Waals surface area contributed by atoms with Gasteiger partial charge in [-0.3, -0.25) is 4.79 Å². The molecule has 2 rings (SSSR count). The van der Waals surface area contributed by atoms with Crippen molar-refractivity contribution in [2.75, 3.05) is 52.7 Å². The number of esters is 1. The van der Waals surface area contributed by atoms with Gasteiger partial charge in [0.2, 0.25) is 0 Å². The standard InChI is InChI=1S/C26H41N2O15P/c29-19-5-3-18(15-20(19)30)4-6-23(32)42-22-17-26(35,16-21(31)24(22)33)25(34)27-7-1-9-39-11-13-41-14-12-40-10-2-8-28-43-44(36,37)38/h3-6,15,21-22,24,28-31,33,35H,1-2,7-14,16-17H2,(H,27,34)(H2,36,37,38)/b6-4+. The third-order valence-electron chi connectivity index (χ3n) is 6.21. The van der Waals surface area contributed by atoms with Crippen molar-refractivity contribution < 1.29 is 73.0 Å². The Morgan fingerprint density at radius 1 is 0.932 bits per heavy atom. The zero-order valence-electron chi connectivity index (χ0n) is 23.9. The maximum atomic E-state index is 12.7. The van der Waals surface area contributed by atoms with Crippen LogP contribution in [0.15, 0.2) is 24.3 Å². The predicted octanol–water partition coefficient (Wildman–Crippen LogP) is -1.17. The lowest BCUT2D eigenvalue weighted by atomic mass is 9.79. The summed E-state index contributed by atoms with van der Waals surface area (Å²) in [4.78, 5) is 42.0. The predicted molar refractivity (Wildman–Crippen MR) is 151 cm³/mol. The van der Waals surface area contributed by atoms with E-state index in [2.05, 4.69) is 15.4 Å². The molecule has 0 saturated heterocycles. The van der Waals surface area contributed by atoms with Crippen molar-refractivity contribution >= 4 is 25.8 Å². The first-order chi connectivity index (χ1) is 20.8. The molecule has 18 heteroatoms. The molecule has 17 nitrogen and oxygen atoms in total. The third-order valence-corrected chi connectivity index (χ3v) is 6.58. The van der Waals surface area contributed by atoms with Crippen LogP contribution in [0, 0.1) is 0 Å². The van der Waals surface area contributed by atoms with Crippen LogP contribution in [-0.2, 0) is 37.7 Å². The fraction of sp³-hybridized carbons (Fsp3) is 0.615. The second-order valence-corrected chi connectivity index (χ2v) is 11.0. The van der Waals surface area contributed by atoms with E-state index in [9.17, 15) is 39.7 Å². The molecule has 0 radical (unpaired) electrons. The Morgan fingerprint density at radius 3 is 2.16 bits per heavy atom. The van der Waals surface area contributed by atoms with Gasteiger partial charge in [-0.25, -0.2) is 9.36 Å². The van der Waals surface area contributed by atoms with Crippen molar-refractivity contribution in [2.24, 2.45) is 0 Å². The lowest BCUT2D eigenvalue weighted by molar-refractivity contribution is -0.187. The normalized spacial score (nSPS) is 22.2. The van der Waals surface area contributed by atoms with Crippen molar-refractivity contribution in [2.45, 2.75) is 49.6 Å². The molecule has 0 aliphatic heterocycles. The smallest absolute Gasteiger partial charge is 0.486 e. The molecule has 1 saturated carbocycles. The molecule has 1 aromatic carbocycles. The number of hydrogen-bond acceptors (Lipinski definition) is 14. The van der Waals surface area contributed by atoms with E-state index in [0.29, 0.717) is 51.4 Å². The van der Waals surface area contributed by atoms with Gasteiger partial charge in [0.05, 0.1) is 32.5 Å². The number of phosphoric acid groups is 1. The molecule has 0 aromatic heterocycles. The van der Waals surface area contributed by atoms with Crippen LogP contribution >= 0.6 is 7.82 Å². The molecular weight excluding hydrogens is 611 g/mol. The molecule has 1 aromatic rings. The molecule has 1 amide bonds. The number of aromatic hydroxyl groups is 2. The molecule has 1 fully saturated rings. The van der Waals surface area contributed by atoms with E-state index in [1.165, 1.54) is 24.3 Å². The van der Waals surface area contributed by atoms with Crippen LogP contribution in [0.1, 0.15) is 31.2 Å². The van der Waals surface area contributed by atoms with Crippen LogP contribution in [-0.4, -0.2) is 124 Å². The Morgan fingerprint density at radius 2 is 1.55 bits per heavy atom. The lowest BCUT2D eigenvalue weighted by Gasteiger charge is -2.40. The number of benzene rings is 1. The average molecular weight is 653 g/mol. The first kappa shape index (κ1) is 37.5. The van der Waals surface area contributed by atoms with Gasteiger partial charge in [-0.2, -0.15) is 10.1 Å². The van der Waals surface area contributed by atoms with Gasteiger partial charge in [0, 0.05) is 45.2 Å². The number of aliphatic hydroxyl groups excluding tert-OH is 2. The van der Waals surface area contributed by atoms with Gasteiger partial charge in [0.25, 0.3) is 5.91 Å². The maximum Gasteiger partial charge on any atom is 0.486 e. The first-order valence-electron chi connectivity index (χ1n) is 13.8. The largest absolute Gasteiger partial charge is 0.504 e. The second-order valence-electron chi connectivity index (χ2n) is 9.83. The minimum atomic E-state index is -4.54. The number of hydroxylamine groups is 1. The van der Waals surface area contributed by atoms with Crippen molar-refractivity contribution in [1.82, 2.24) is 10.8 Å². The van der Waals surface area contributed by atoms with Crippen LogP contribution < -0.4 is 10.8 Å². The van der Waals surface area contributed by atoms with E-state index < -0.39 is 56.5 Å². The summed E-state index contributed by atoms with van der Waals surface area (Å²) in [6.07, 6.45) is -2.18. The minimum Gasteiger partial charge on any atom is -0.504 e. The molecule has 1 aliphatic rings. The van der Waals surface area contributed by atoms with Gasteiger partial charge < -0.3 is 59.6 Å². The van der Waals surface area contributed by atoms with Crippen LogP contribution in [0.25, 0.3) is 6.08 Å². The van der Waals surface area contributed by atoms with Gasteiger partial charge in [-0.15, -0.1) is 0 Å². The molecule has 4 atom stereocenters. The molecule has 1 aliphatic carbocycles. The Kier molecular flexibility index (Phi) is 16.2. The highest BCUT2D eigenvalue weighted by Gasteiger charge is 2.50. The van der Waals surface area contributed by atoms with Crippen molar-refractivity contribution in [1.29, 1.82) is 0 Å². The first-order valence-corrected chi connectivity index (χ1v) is 15.3. The summed E-state index contributed by atoms with van der Waals surface area (Å²) >= 11 is 0. The highest BCUT2D eigenvalue weighted by atomic mass is 31.2. The van der Waals surface area contributed by atoms with Gasteiger partial charge >= 0.3 is 13.8 Å². The van der Waals surface area contributed by atoms with Gasteiger partial charge in [0.1, 0.15) is 17.8 Å². The number of carbonyl (C=O) groups is 2. The topological polar surface area (TPSA) is 263 Å². The van der Waals surface area contributed by atoms with Gasteiger partial charge in [-0.05, 0) is 36.6 Å². The molecule has 4 unspecified atom stereocenters. The van der Waals surface area contributed by atoms with E-state index in [1.807, 2.05) is 0 Å². The molecule has 9 N–H and O–H groups in total. The quantitative estimate of drug-likeness (QED) is 0.0201. The number of nitrogens with one attached hydrogen (secondary N) is 2. The fourth-order valence-corrected chi connectivity index (χ4v) is 4.26. The van der Waals surface area contributed by atoms with E-state index >= 15 is 0 Å². The number of ether oxygens (including phenoxy) is 4. The van der Waals surface area contributed by atoms with E-state index in [1.54, 1.807) is 0 Å². The van der Waals surface area contributed by atoms with Gasteiger partial charge in [0.15, 0.2) is 11.5 Å². The number of carbonyl (C=O) groups excluding carboxylic acids is 2. The highest BCUT2D eigenvalue weighted by molar-refractivity contribution is 7.46. The number of amides is 1. The molecule has 0 bridgehead atoms. The average Bonchev–Trinajstić information content (AvgIpc) is 2.95. The summed E-state index contributed by atoms with van der Waals surface area (Å²) < 4.78 is 35.8. The third kappa shape index (κ3) is 14.4. The minimum absolute atomic E-state index is 0.148. The number of aliphatic hydroxyl groups is 3. The fourth-order valence-electron chi connectivity index (χ4n) is 4.00. The zero-order valence-corrected chi connectivity index (χ0v) is 24.8. The van der Waals surface area contributed by atoms with E-state index in [4.69, 9.17) is 28.7 Å².